The fourth-order valence-corrected chi connectivity index (χ4v) is 1.73. The van der Waals surface area contributed by atoms with Crippen LogP contribution in [0.1, 0.15) is 11.1 Å². The van der Waals surface area contributed by atoms with Crippen LogP contribution in [-0.2, 0) is 16.0 Å². The number of esters is 1. The molecule has 2 aromatic rings. The van der Waals surface area contributed by atoms with Crippen molar-refractivity contribution < 1.29 is 19.7 Å². The van der Waals surface area contributed by atoms with Crippen LogP contribution in [0, 0.1) is 0 Å². The van der Waals surface area contributed by atoms with Gasteiger partial charge in [-0.05, 0) is 41.5 Å². The Morgan fingerprint density at radius 1 is 0.952 bits per heavy atom. The summed E-state index contributed by atoms with van der Waals surface area (Å²) in [7, 11) is 0. The molecule has 0 bridgehead atoms. The molecule has 2 N–H and O–H groups in total. The maximum absolute atomic E-state index is 11.5. The first-order chi connectivity index (χ1) is 10.1. The van der Waals surface area contributed by atoms with Crippen LogP contribution in [0.3, 0.4) is 0 Å². The van der Waals surface area contributed by atoms with Crippen molar-refractivity contribution in [3.63, 3.8) is 0 Å². The van der Waals surface area contributed by atoms with Gasteiger partial charge in [-0.15, -0.1) is 0 Å². The third-order valence-electron chi connectivity index (χ3n) is 2.88. The van der Waals surface area contributed by atoms with Crippen molar-refractivity contribution in [3.05, 3.63) is 65.7 Å². The Morgan fingerprint density at radius 2 is 1.52 bits per heavy atom. The number of hydrogen-bond donors (Lipinski definition) is 2. The monoisotopic (exact) mass is 284 g/mol. The van der Waals surface area contributed by atoms with Gasteiger partial charge in [-0.3, -0.25) is 0 Å². The Kier molecular flexibility index (Phi) is 4.99. The number of aromatic hydroxyl groups is 2. The molecule has 2 aromatic carbocycles. The van der Waals surface area contributed by atoms with Gasteiger partial charge in [0.2, 0.25) is 0 Å². The van der Waals surface area contributed by atoms with Gasteiger partial charge < -0.3 is 14.9 Å². The van der Waals surface area contributed by atoms with E-state index in [1.165, 1.54) is 6.08 Å². The molecule has 0 fully saturated rings. The fourth-order valence-electron chi connectivity index (χ4n) is 1.73. The highest BCUT2D eigenvalue weighted by molar-refractivity contribution is 5.87. The quantitative estimate of drug-likeness (QED) is 0.654. The van der Waals surface area contributed by atoms with Gasteiger partial charge in [-0.2, -0.15) is 0 Å². The fraction of sp³-hybridized carbons (Fsp3) is 0.118. The van der Waals surface area contributed by atoms with E-state index in [1.54, 1.807) is 54.6 Å². The average molecular weight is 284 g/mol. The van der Waals surface area contributed by atoms with Gasteiger partial charge in [-0.1, -0.05) is 24.3 Å². The number of carbonyl (C=O) groups is 1. The number of hydrogen-bond acceptors (Lipinski definition) is 4. The van der Waals surface area contributed by atoms with Crippen molar-refractivity contribution in [3.8, 4) is 11.5 Å². The zero-order valence-corrected chi connectivity index (χ0v) is 11.4. The highest BCUT2D eigenvalue weighted by Gasteiger charge is 1.99. The zero-order valence-electron chi connectivity index (χ0n) is 11.4. The van der Waals surface area contributed by atoms with Crippen LogP contribution in [0.25, 0.3) is 6.08 Å². The Balaban J connectivity index is 1.77. The van der Waals surface area contributed by atoms with Crippen molar-refractivity contribution >= 4 is 12.0 Å². The minimum Gasteiger partial charge on any atom is -0.508 e. The van der Waals surface area contributed by atoms with Crippen molar-refractivity contribution in [2.45, 2.75) is 6.42 Å². The summed E-state index contributed by atoms with van der Waals surface area (Å²) in [6, 6.07) is 13.3. The summed E-state index contributed by atoms with van der Waals surface area (Å²) in [5.74, 6) is -0.0157. The van der Waals surface area contributed by atoms with E-state index >= 15 is 0 Å². The third-order valence-corrected chi connectivity index (χ3v) is 2.88. The molecule has 0 heterocycles. The molecule has 0 amide bonds. The summed E-state index contributed by atoms with van der Waals surface area (Å²) in [6.45, 7) is 0.281. The lowest BCUT2D eigenvalue weighted by Gasteiger charge is -2.02. The Bertz CT molecular complexity index is 612. The van der Waals surface area contributed by atoms with Gasteiger partial charge in [0.05, 0.1) is 6.61 Å². The second-order valence-electron chi connectivity index (χ2n) is 4.51. The van der Waals surface area contributed by atoms with E-state index in [9.17, 15) is 4.79 Å². The molecule has 0 aliphatic carbocycles. The first kappa shape index (κ1) is 14.7. The summed E-state index contributed by atoms with van der Waals surface area (Å²) < 4.78 is 5.08. The topological polar surface area (TPSA) is 66.8 Å². The molecule has 0 aromatic heterocycles. The van der Waals surface area contributed by atoms with Crippen molar-refractivity contribution in [2.24, 2.45) is 0 Å². The van der Waals surface area contributed by atoms with Crippen LogP contribution in [-0.4, -0.2) is 22.8 Å². The Labute approximate surface area is 122 Å². The molecule has 21 heavy (non-hydrogen) atoms. The van der Waals surface area contributed by atoms with Crippen LogP contribution in [0.4, 0.5) is 0 Å². The largest absolute Gasteiger partial charge is 0.508 e. The maximum Gasteiger partial charge on any atom is 0.330 e. The van der Waals surface area contributed by atoms with E-state index < -0.39 is 5.97 Å². The van der Waals surface area contributed by atoms with Crippen LogP contribution >= 0.6 is 0 Å². The number of ether oxygens (including phenoxy) is 1. The molecule has 0 aliphatic heterocycles. The summed E-state index contributed by atoms with van der Waals surface area (Å²) in [6.07, 6.45) is 3.57. The second-order valence-corrected chi connectivity index (χ2v) is 4.51. The van der Waals surface area contributed by atoms with Crippen LogP contribution < -0.4 is 0 Å². The van der Waals surface area contributed by atoms with E-state index in [4.69, 9.17) is 14.9 Å². The van der Waals surface area contributed by atoms with E-state index in [1.807, 2.05) is 0 Å². The van der Waals surface area contributed by atoms with Crippen LogP contribution in [0.15, 0.2) is 54.6 Å². The van der Waals surface area contributed by atoms with Gasteiger partial charge in [0, 0.05) is 12.5 Å². The summed E-state index contributed by atoms with van der Waals surface area (Å²) in [5, 5.41) is 18.3. The lowest BCUT2D eigenvalue weighted by Crippen LogP contribution is -2.04. The first-order valence-electron chi connectivity index (χ1n) is 6.55. The highest BCUT2D eigenvalue weighted by Crippen LogP contribution is 2.11. The van der Waals surface area contributed by atoms with E-state index in [2.05, 4.69) is 0 Å². The number of rotatable bonds is 5. The molecule has 0 spiro atoms. The maximum atomic E-state index is 11.5. The van der Waals surface area contributed by atoms with Crippen molar-refractivity contribution in [1.82, 2.24) is 0 Å². The molecule has 0 atom stereocenters. The second kappa shape index (κ2) is 7.14. The molecule has 0 saturated heterocycles. The average Bonchev–Trinajstić information content (AvgIpc) is 2.49. The summed E-state index contributed by atoms with van der Waals surface area (Å²) in [4.78, 5) is 11.5. The smallest absolute Gasteiger partial charge is 0.330 e. The van der Waals surface area contributed by atoms with Crippen molar-refractivity contribution in [1.29, 1.82) is 0 Å². The molecule has 2 rings (SSSR count). The number of phenolic OH excluding ortho intramolecular Hbond substituents is 2. The van der Waals surface area contributed by atoms with Gasteiger partial charge in [-0.25, -0.2) is 4.79 Å². The van der Waals surface area contributed by atoms with Crippen LogP contribution in [0.5, 0.6) is 11.5 Å². The predicted octanol–water partition coefficient (Wildman–Crippen LogP) is 2.90. The summed E-state index contributed by atoms with van der Waals surface area (Å²) in [5.41, 5.74) is 1.80. The zero-order chi connectivity index (χ0) is 15.1. The molecule has 0 unspecified atom stereocenters. The normalized spacial score (nSPS) is 10.7. The highest BCUT2D eigenvalue weighted by atomic mass is 16.5. The van der Waals surface area contributed by atoms with Gasteiger partial charge in [0.1, 0.15) is 11.5 Å². The van der Waals surface area contributed by atoms with E-state index in [0.29, 0.717) is 6.42 Å². The number of phenols is 2. The lowest BCUT2D eigenvalue weighted by atomic mass is 10.1. The first-order valence-corrected chi connectivity index (χ1v) is 6.55. The Hall–Kier alpha value is -2.75. The van der Waals surface area contributed by atoms with Crippen LogP contribution in [0.2, 0.25) is 0 Å². The molecule has 108 valence electrons. The Morgan fingerprint density at radius 3 is 2.14 bits per heavy atom. The standard InChI is InChI=1S/C17H16O4/c18-15-6-1-13(2-7-15)5-10-17(20)21-12-11-14-3-8-16(19)9-4-14/h1-10,18-19H,11-12H2. The van der Waals surface area contributed by atoms with Crippen molar-refractivity contribution in [2.75, 3.05) is 6.61 Å². The SMILES string of the molecule is O=C(C=Cc1ccc(O)cc1)OCCc1ccc(O)cc1. The molecule has 0 aliphatic rings. The summed E-state index contributed by atoms with van der Waals surface area (Å²) >= 11 is 0. The molecular weight excluding hydrogens is 268 g/mol. The predicted molar refractivity (Wildman–Crippen MR) is 79.9 cm³/mol. The molecule has 4 heteroatoms. The van der Waals surface area contributed by atoms with Gasteiger partial charge in [0.15, 0.2) is 0 Å². The minimum atomic E-state index is -0.415. The van der Waals surface area contributed by atoms with E-state index in [-0.39, 0.29) is 18.1 Å². The number of benzene rings is 2. The molecule has 4 nitrogen and oxygen atoms in total. The van der Waals surface area contributed by atoms with Gasteiger partial charge in [0.25, 0.3) is 0 Å². The molecular formula is C17H16O4. The lowest BCUT2D eigenvalue weighted by molar-refractivity contribution is -0.137. The van der Waals surface area contributed by atoms with Gasteiger partial charge >= 0.3 is 5.97 Å². The third kappa shape index (κ3) is 5.03. The van der Waals surface area contributed by atoms with E-state index in [0.717, 1.165) is 11.1 Å². The molecule has 0 radical (unpaired) electrons. The minimum absolute atomic E-state index is 0.184. The number of carbonyl (C=O) groups excluding carboxylic acids is 1. The molecule has 0 saturated carbocycles.